The van der Waals surface area contributed by atoms with Crippen LogP contribution in [-0.2, 0) is 6.61 Å². The predicted octanol–water partition coefficient (Wildman–Crippen LogP) is 4.29. The van der Waals surface area contributed by atoms with Crippen molar-refractivity contribution < 1.29 is 9.90 Å². The van der Waals surface area contributed by atoms with E-state index in [9.17, 15) is 9.90 Å². The minimum Gasteiger partial charge on any atom is -0.392 e. The van der Waals surface area contributed by atoms with Gasteiger partial charge in [0.1, 0.15) is 10.3 Å². The lowest BCUT2D eigenvalue weighted by molar-refractivity contribution is 0.262. The number of hydrogen-bond donors (Lipinski definition) is 3. The summed E-state index contributed by atoms with van der Waals surface area (Å²) in [6, 6.07) is 7.64. The summed E-state index contributed by atoms with van der Waals surface area (Å²) in [6.45, 7) is -0.185. The summed E-state index contributed by atoms with van der Waals surface area (Å²) in [5.41, 5.74) is 1.51. The fourth-order valence-corrected chi connectivity index (χ4v) is 2.45. The topological polar surface area (TPSA) is 74.2 Å². The van der Waals surface area contributed by atoms with E-state index in [1.54, 1.807) is 18.2 Å². The van der Waals surface area contributed by atoms with Crippen LogP contribution in [0.5, 0.6) is 0 Å². The Labute approximate surface area is 139 Å². The van der Waals surface area contributed by atoms with Gasteiger partial charge in [0.05, 0.1) is 6.61 Å². The molecule has 5 nitrogen and oxygen atoms in total. The van der Waals surface area contributed by atoms with Crippen LogP contribution in [0.4, 0.5) is 16.2 Å². The summed E-state index contributed by atoms with van der Waals surface area (Å²) < 4.78 is 0.782. The van der Waals surface area contributed by atoms with Crippen LogP contribution < -0.4 is 10.6 Å². The van der Waals surface area contributed by atoms with Crippen LogP contribution in [0.25, 0.3) is 0 Å². The van der Waals surface area contributed by atoms with E-state index in [2.05, 4.69) is 31.5 Å². The highest BCUT2D eigenvalue weighted by Crippen LogP contribution is 2.23. The standard InChI is InChI=1S/C13H10BrCl2N3O2/c14-8-2-1-7(6-20)10(3-8)18-13(21)17-9-4-11(15)19-12(16)5-9/h1-5,20H,6H2,(H2,17,18,19,21). The van der Waals surface area contributed by atoms with Crippen LogP contribution in [0.1, 0.15) is 5.56 Å². The maximum Gasteiger partial charge on any atom is 0.323 e. The van der Waals surface area contributed by atoms with Gasteiger partial charge in [-0.25, -0.2) is 9.78 Å². The van der Waals surface area contributed by atoms with Crippen molar-refractivity contribution in [1.29, 1.82) is 0 Å². The van der Waals surface area contributed by atoms with Crippen molar-refractivity contribution in [1.82, 2.24) is 4.98 Å². The number of amides is 2. The third kappa shape index (κ3) is 4.57. The highest BCUT2D eigenvalue weighted by Gasteiger charge is 2.08. The summed E-state index contributed by atoms with van der Waals surface area (Å²) in [6.07, 6.45) is 0. The van der Waals surface area contributed by atoms with Crippen molar-refractivity contribution in [2.45, 2.75) is 6.61 Å². The number of halogens is 3. The van der Waals surface area contributed by atoms with Gasteiger partial charge in [0.15, 0.2) is 0 Å². The average molecular weight is 391 g/mol. The Balaban J connectivity index is 2.13. The number of carbonyl (C=O) groups is 1. The van der Waals surface area contributed by atoms with Gasteiger partial charge >= 0.3 is 6.03 Å². The Morgan fingerprint density at radius 3 is 2.48 bits per heavy atom. The normalized spacial score (nSPS) is 10.3. The van der Waals surface area contributed by atoms with Crippen LogP contribution in [0.3, 0.4) is 0 Å². The smallest absolute Gasteiger partial charge is 0.323 e. The van der Waals surface area contributed by atoms with Crippen molar-refractivity contribution >= 4 is 56.5 Å². The Morgan fingerprint density at radius 2 is 1.86 bits per heavy atom. The first-order valence-corrected chi connectivity index (χ1v) is 7.33. The number of carbonyl (C=O) groups excluding carboxylic acids is 1. The second-order valence-corrected chi connectivity index (χ2v) is 5.73. The molecule has 0 fully saturated rings. The van der Waals surface area contributed by atoms with Gasteiger partial charge in [-0.3, -0.25) is 0 Å². The van der Waals surface area contributed by atoms with E-state index < -0.39 is 6.03 Å². The zero-order chi connectivity index (χ0) is 15.4. The number of rotatable bonds is 3. The van der Waals surface area contributed by atoms with Gasteiger partial charge in [0.25, 0.3) is 0 Å². The summed E-state index contributed by atoms with van der Waals surface area (Å²) in [7, 11) is 0. The number of nitrogens with one attached hydrogen (secondary N) is 2. The van der Waals surface area contributed by atoms with Crippen molar-refractivity contribution in [3.63, 3.8) is 0 Å². The fraction of sp³-hybridized carbons (Fsp3) is 0.0769. The third-order valence-electron chi connectivity index (χ3n) is 2.51. The number of aromatic nitrogens is 1. The van der Waals surface area contributed by atoms with E-state index in [0.717, 1.165) is 4.47 Å². The molecule has 2 aromatic rings. The zero-order valence-corrected chi connectivity index (χ0v) is 13.6. The molecule has 2 rings (SSSR count). The quantitative estimate of drug-likeness (QED) is 0.684. The summed E-state index contributed by atoms with van der Waals surface area (Å²) in [5, 5.41) is 14.8. The molecule has 0 aliphatic rings. The molecule has 110 valence electrons. The Kier molecular flexibility index (Phi) is 5.41. The van der Waals surface area contributed by atoms with E-state index >= 15 is 0 Å². The molecule has 0 saturated heterocycles. The van der Waals surface area contributed by atoms with Gasteiger partial charge < -0.3 is 15.7 Å². The number of pyridine rings is 1. The Hall–Kier alpha value is -1.34. The van der Waals surface area contributed by atoms with Crippen LogP contribution in [-0.4, -0.2) is 16.1 Å². The molecule has 21 heavy (non-hydrogen) atoms. The molecule has 0 radical (unpaired) electrons. The van der Waals surface area contributed by atoms with Gasteiger partial charge in [0, 0.05) is 21.4 Å². The van der Waals surface area contributed by atoms with Gasteiger partial charge in [-0.2, -0.15) is 0 Å². The highest BCUT2D eigenvalue weighted by atomic mass is 79.9. The first-order valence-electron chi connectivity index (χ1n) is 5.78. The molecule has 0 aliphatic heterocycles. The fourth-order valence-electron chi connectivity index (χ4n) is 1.62. The number of aliphatic hydroxyl groups is 1. The van der Waals surface area contributed by atoms with E-state index in [0.29, 0.717) is 16.9 Å². The largest absolute Gasteiger partial charge is 0.392 e. The minimum absolute atomic E-state index is 0.177. The maximum absolute atomic E-state index is 12.0. The lowest BCUT2D eigenvalue weighted by Gasteiger charge is -2.11. The second-order valence-electron chi connectivity index (χ2n) is 4.04. The van der Waals surface area contributed by atoms with Gasteiger partial charge in [-0.1, -0.05) is 45.2 Å². The maximum atomic E-state index is 12.0. The average Bonchev–Trinajstić information content (AvgIpc) is 2.37. The van der Waals surface area contributed by atoms with Crippen LogP contribution in [0.15, 0.2) is 34.8 Å². The van der Waals surface area contributed by atoms with E-state index in [1.807, 2.05) is 0 Å². The molecule has 0 spiro atoms. The summed E-state index contributed by atoms with van der Waals surface area (Å²) in [4.78, 5) is 15.7. The third-order valence-corrected chi connectivity index (χ3v) is 3.39. The summed E-state index contributed by atoms with van der Waals surface area (Å²) in [5.74, 6) is 0. The minimum atomic E-state index is -0.485. The second kappa shape index (κ2) is 7.09. The summed E-state index contributed by atoms with van der Waals surface area (Å²) >= 11 is 14.8. The lowest BCUT2D eigenvalue weighted by Crippen LogP contribution is -2.20. The molecule has 1 aromatic carbocycles. The lowest BCUT2D eigenvalue weighted by atomic mass is 10.2. The number of benzene rings is 1. The van der Waals surface area contributed by atoms with Crippen LogP contribution in [0.2, 0.25) is 10.3 Å². The molecule has 2 amide bonds. The van der Waals surface area contributed by atoms with Crippen molar-refractivity contribution in [2.24, 2.45) is 0 Å². The monoisotopic (exact) mass is 389 g/mol. The Morgan fingerprint density at radius 1 is 1.19 bits per heavy atom. The number of aliphatic hydroxyl groups excluding tert-OH is 1. The van der Waals surface area contributed by atoms with Crippen molar-refractivity contribution in [2.75, 3.05) is 10.6 Å². The molecule has 0 atom stereocenters. The van der Waals surface area contributed by atoms with Crippen molar-refractivity contribution in [3.05, 3.63) is 50.7 Å². The molecule has 3 N–H and O–H groups in total. The molecule has 0 unspecified atom stereocenters. The number of nitrogens with zero attached hydrogens (tertiary/aromatic N) is 1. The highest BCUT2D eigenvalue weighted by molar-refractivity contribution is 9.10. The number of hydrogen-bond acceptors (Lipinski definition) is 3. The Bertz CT molecular complexity index is 662. The van der Waals surface area contributed by atoms with E-state index in [1.165, 1.54) is 12.1 Å². The van der Waals surface area contributed by atoms with Crippen LogP contribution >= 0.6 is 39.1 Å². The first kappa shape index (κ1) is 16.0. The van der Waals surface area contributed by atoms with Gasteiger partial charge in [-0.05, 0) is 24.3 Å². The SMILES string of the molecule is O=C(Nc1cc(Cl)nc(Cl)c1)Nc1cc(Br)ccc1CO. The van der Waals surface area contributed by atoms with Gasteiger partial charge in [0.2, 0.25) is 0 Å². The zero-order valence-electron chi connectivity index (χ0n) is 10.5. The number of urea groups is 1. The molecule has 0 aliphatic carbocycles. The molecule has 0 saturated carbocycles. The molecular formula is C13H10BrCl2N3O2. The first-order chi connectivity index (χ1) is 9.97. The molecule has 0 bridgehead atoms. The molecule has 8 heteroatoms. The van der Waals surface area contributed by atoms with E-state index in [-0.39, 0.29) is 16.9 Å². The molecule has 1 aromatic heterocycles. The molecular weight excluding hydrogens is 381 g/mol. The van der Waals surface area contributed by atoms with Gasteiger partial charge in [-0.15, -0.1) is 0 Å². The van der Waals surface area contributed by atoms with Crippen LogP contribution in [0, 0.1) is 0 Å². The predicted molar refractivity (Wildman–Crippen MR) is 87.0 cm³/mol. The van der Waals surface area contributed by atoms with E-state index in [4.69, 9.17) is 23.2 Å². The number of anilines is 2. The van der Waals surface area contributed by atoms with Crippen molar-refractivity contribution in [3.8, 4) is 0 Å². The molecule has 1 heterocycles.